The highest BCUT2D eigenvalue weighted by atomic mass is 32.2. The Balaban J connectivity index is 2.35. The van der Waals surface area contributed by atoms with Gasteiger partial charge in [0.25, 0.3) is 0 Å². The number of carbonyl (C=O) groups is 1. The van der Waals surface area contributed by atoms with Gasteiger partial charge in [0.2, 0.25) is 5.91 Å². The highest BCUT2D eigenvalue weighted by molar-refractivity contribution is 7.99. The molecule has 0 atom stereocenters. The van der Waals surface area contributed by atoms with Gasteiger partial charge in [-0.25, -0.2) is 9.67 Å². The molecule has 0 saturated heterocycles. The van der Waals surface area contributed by atoms with E-state index in [1.165, 1.54) is 18.1 Å². The molecule has 1 amide bonds. The number of aromatic nitrogens is 3. The third-order valence-electron chi connectivity index (χ3n) is 2.17. The molecule has 1 aromatic carbocycles. The van der Waals surface area contributed by atoms with Crippen LogP contribution in [0.1, 0.15) is 10.4 Å². The molecule has 6 nitrogen and oxygen atoms in total. The van der Waals surface area contributed by atoms with Crippen molar-refractivity contribution in [1.29, 1.82) is 0 Å². The topological polar surface area (TPSA) is 99.8 Å². The van der Waals surface area contributed by atoms with Gasteiger partial charge < -0.3 is 11.5 Å². The van der Waals surface area contributed by atoms with E-state index in [2.05, 4.69) is 10.1 Å². The van der Waals surface area contributed by atoms with Gasteiger partial charge in [0.15, 0.2) is 5.16 Å². The maximum Gasteiger partial charge on any atom is 0.248 e. The molecule has 0 aliphatic heterocycles. The zero-order valence-corrected chi connectivity index (χ0v) is 9.94. The van der Waals surface area contributed by atoms with Crippen LogP contribution in [0.2, 0.25) is 0 Å². The third-order valence-corrected chi connectivity index (χ3v) is 3.29. The number of rotatable bonds is 3. The summed E-state index contributed by atoms with van der Waals surface area (Å²) in [5.41, 5.74) is 12.0. The highest BCUT2D eigenvalue weighted by Crippen LogP contribution is 2.30. The van der Waals surface area contributed by atoms with E-state index in [0.717, 1.165) is 4.90 Å². The molecule has 88 valence electrons. The quantitative estimate of drug-likeness (QED) is 0.778. The van der Waals surface area contributed by atoms with Gasteiger partial charge in [0, 0.05) is 23.2 Å². The van der Waals surface area contributed by atoms with Crippen molar-refractivity contribution in [3.8, 4) is 0 Å². The molecule has 0 radical (unpaired) electrons. The summed E-state index contributed by atoms with van der Waals surface area (Å²) in [5.74, 6) is -0.482. The van der Waals surface area contributed by atoms with Crippen LogP contribution in [0.3, 0.4) is 0 Å². The van der Waals surface area contributed by atoms with Gasteiger partial charge in [-0.05, 0) is 30.0 Å². The molecule has 0 unspecified atom stereocenters. The van der Waals surface area contributed by atoms with Crippen LogP contribution in [0.25, 0.3) is 0 Å². The molecule has 2 rings (SSSR count). The lowest BCUT2D eigenvalue weighted by Crippen LogP contribution is -2.11. The molecule has 1 aromatic heterocycles. The highest BCUT2D eigenvalue weighted by Gasteiger charge is 2.09. The summed E-state index contributed by atoms with van der Waals surface area (Å²) >= 11 is 1.34. The first-order valence-corrected chi connectivity index (χ1v) is 5.61. The van der Waals surface area contributed by atoms with E-state index in [9.17, 15) is 4.79 Å². The number of anilines is 1. The average Bonchev–Trinajstić information content (AvgIpc) is 2.67. The van der Waals surface area contributed by atoms with Gasteiger partial charge in [0.1, 0.15) is 6.33 Å². The van der Waals surface area contributed by atoms with Crippen molar-refractivity contribution in [3.05, 3.63) is 30.1 Å². The molecular formula is C10H11N5OS. The largest absolute Gasteiger partial charge is 0.398 e. The van der Waals surface area contributed by atoms with Crippen molar-refractivity contribution in [2.75, 3.05) is 5.73 Å². The average molecular weight is 249 g/mol. The fourth-order valence-electron chi connectivity index (χ4n) is 1.25. The Hall–Kier alpha value is -2.02. The first kappa shape index (κ1) is 11.5. The van der Waals surface area contributed by atoms with Crippen LogP contribution in [-0.2, 0) is 7.05 Å². The Morgan fingerprint density at radius 3 is 2.82 bits per heavy atom. The normalized spacial score (nSPS) is 10.4. The van der Waals surface area contributed by atoms with E-state index >= 15 is 0 Å². The van der Waals surface area contributed by atoms with E-state index in [4.69, 9.17) is 11.5 Å². The molecular weight excluding hydrogens is 238 g/mol. The number of nitrogens with zero attached hydrogens (tertiary/aromatic N) is 3. The van der Waals surface area contributed by atoms with Gasteiger partial charge in [-0.1, -0.05) is 0 Å². The van der Waals surface area contributed by atoms with Crippen LogP contribution in [0.4, 0.5) is 5.69 Å². The second kappa shape index (κ2) is 4.46. The van der Waals surface area contributed by atoms with Gasteiger partial charge >= 0.3 is 0 Å². The smallest absolute Gasteiger partial charge is 0.248 e. The molecule has 1 heterocycles. The first-order chi connectivity index (χ1) is 8.08. The van der Waals surface area contributed by atoms with E-state index in [1.54, 1.807) is 29.9 Å². The second-order valence-corrected chi connectivity index (χ2v) is 4.39. The molecule has 4 N–H and O–H groups in total. The number of amides is 1. The standard InChI is InChI=1S/C10H11N5OS/c1-15-10(13-5-14-15)17-8-4-6(9(12)16)2-3-7(8)11/h2-5H,11H2,1H3,(H2,12,16). The Kier molecular flexibility index (Phi) is 3.01. The summed E-state index contributed by atoms with van der Waals surface area (Å²) in [4.78, 5) is 15.9. The van der Waals surface area contributed by atoms with Gasteiger partial charge in [0.05, 0.1) is 0 Å². The SMILES string of the molecule is Cn1ncnc1Sc1cc(C(N)=O)ccc1N. The van der Waals surface area contributed by atoms with Crippen molar-refractivity contribution in [2.45, 2.75) is 10.1 Å². The summed E-state index contributed by atoms with van der Waals surface area (Å²) in [6.45, 7) is 0. The van der Waals surface area contributed by atoms with Crippen LogP contribution in [0.5, 0.6) is 0 Å². The van der Waals surface area contributed by atoms with Crippen molar-refractivity contribution in [3.63, 3.8) is 0 Å². The number of hydrogen-bond donors (Lipinski definition) is 2. The van der Waals surface area contributed by atoms with E-state index < -0.39 is 5.91 Å². The minimum atomic E-state index is -0.482. The number of nitrogen functional groups attached to an aromatic ring is 1. The Bertz CT molecular complexity index is 566. The maximum absolute atomic E-state index is 11.1. The summed E-state index contributed by atoms with van der Waals surface area (Å²) in [6.07, 6.45) is 1.45. The maximum atomic E-state index is 11.1. The van der Waals surface area contributed by atoms with Crippen LogP contribution < -0.4 is 11.5 Å². The van der Waals surface area contributed by atoms with Crippen molar-refractivity contribution in [2.24, 2.45) is 12.8 Å². The van der Waals surface area contributed by atoms with Crippen LogP contribution in [0, 0.1) is 0 Å². The van der Waals surface area contributed by atoms with Crippen LogP contribution in [-0.4, -0.2) is 20.7 Å². The molecule has 7 heteroatoms. The molecule has 17 heavy (non-hydrogen) atoms. The molecule has 0 spiro atoms. The van der Waals surface area contributed by atoms with Gasteiger partial charge in [-0.3, -0.25) is 4.79 Å². The monoisotopic (exact) mass is 249 g/mol. The molecule has 2 aromatic rings. The Morgan fingerprint density at radius 1 is 1.47 bits per heavy atom. The van der Waals surface area contributed by atoms with Crippen LogP contribution in [0.15, 0.2) is 34.6 Å². The molecule has 0 bridgehead atoms. The third kappa shape index (κ3) is 2.39. The van der Waals surface area contributed by atoms with E-state index in [1.807, 2.05) is 0 Å². The molecule has 0 aliphatic carbocycles. The second-order valence-electron chi connectivity index (χ2n) is 3.39. The Labute approximate surface area is 102 Å². The lowest BCUT2D eigenvalue weighted by atomic mass is 10.2. The van der Waals surface area contributed by atoms with E-state index in [0.29, 0.717) is 16.4 Å². The fourth-order valence-corrected chi connectivity index (χ4v) is 2.10. The summed E-state index contributed by atoms with van der Waals surface area (Å²) < 4.78 is 1.63. The van der Waals surface area contributed by atoms with E-state index in [-0.39, 0.29) is 0 Å². The molecule has 0 saturated carbocycles. The summed E-state index contributed by atoms with van der Waals surface area (Å²) in [5, 5.41) is 4.65. The number of nitrogens with two attached hydrogens (primary N) is 2. The predicted octanol–water partition coefficient (Wildman–Crippen LogP) is 0.647. The predicted molar refractivity (Wildman–Crippen MR) is 64.5 cm³/mol. The zero-order chi connectivity index (χ0) is 12.4. The number of benzene rings is 1. The number of aryl methyl sites for hydroxylation is 1. The minimum Gasteiger partial charge on any atom is -0.398 e. The molecule has 0 aliphatic rings. The Morgan fingerprint density at radius 2 is 2.24 bits per heavy atom. The van der Waals surface area contributed by atoms with Crippen molar-refractivity contribution >= 4 is 23.4 Å². The number of carbonyl (C=O) groups excluding carboxylic acids is 1. The summed E-state index contributed by atoms with van der Waals surface area (Å²) in [6, 6.07) is 4.90. The summed E-state index contributed by atoms with van der Waals surface area (Å²) in [7, 11) is 1.78. The molecule has 0 fully saturated rings. The first-order valence-electron chi connectivity index (χ1n) is 4.79. The minimum absolute atomic E-state index is 0.420. The lowest BCUT2D eigenvalue weighted by Gasteiger charge is -2.05. The fraction of sp³-hybridized carbons (Fsp3) is 0.100. The van der Waals surface area contributed by atoms with Crippen molar-refractivity contribution in [1.82, 2.24) is 14.8 Å². The number of primary amides is 1. The van der Waals surface area contributed by atoms with Gasteiger partial charge in [-0.2, -0.15) is 5.10 Å². The lowest BCUT2D eigenvalue weighted by molar-refractivity contribution is 0.1000. The van der Waals surface area contributed by atoms with Crippen LogP contribution >= 0.6 is 11.8 Å². The number of hydrogen-bond acceptors (Lipinski definition) is 5. The van der Waals surface area contributed by atoms with Crippen molar-refractivity contribution < 1.29 is 4.79 Å². The van der Waals surface area contributed by atoms with Gasteiger partial charge in [-0.15, -0.1) is 0 Å². The zero-order valence-electron chi connectivity index (χ0n) is 9.12.